The van der Waals surface area contributed by atoms with Crippen molar-refractivity contribution in [2.45, 2.75) is 29.7 Å². The summed E-state index contributed by atoms with van der Waals surface area (Å²) in [6.45, 7) is 0.105. The monoisotopic (exact) mass is 559 g/mol. The van der Waals surface area contributed by atoms with Crippen molar-refractivity contribution in [1.29, 1.82) is 10.5 Å². The van der Waals surface area contributed by atoms with Gasteiger partial charge >= 0.3 is 0 Å². The predicted molar refractivity (Wildman–Crippen MR) is 150 cm³/mol. The zero-order chi connectivity index (χ0) is 26.5. The first kappa shape index (κ1) is 26.0. The number of thiazole rings is 1. The maximum absolute atomic E-state index is 10.2. The third-order valence-corrected chi connectivity index (χ3v) is 8.01. The molecule has 1 fully saturated rings. The Morgan fingerprint density at radius 1 is 1.03 bits per heavy atom. The summed E-state index contributed by atoms with van der Waals surface area (Å²) < 4.78 is 5.47. The lowest BCUT2D eigenvalue weighted by molar-refractivity contribution is 0.201. The lowest BCUT2D eigenvalue weighted by Crippen LogP contribution is -2.09. The molecule has 2 N–H and O–H groups in total. The van der Waals surface area contributed by atoms with Gasteiger partial charge in [0.25, 0.3) is 0 Å². The average molecular weight is 560 g/mol. The van der Waals surface area contributed by atoms with E-state index in [9.17, 15) is 10.5 Å². The van der Waals surface area contributed by atoms with Gasteiger partial charge in [-0.15, -0.1) is 11.3 Å². The van der Waals surface area contributed by atoms with Crippen LogP contribution in [0.3, 0.4) is 0 Å². The Bertz CT molecular complexity index is 1520. The fourth-order valence-corrected chi connectivity index (χ4v) is 5.75. The van der Waals surface area contributed by atoms with Crippen molar-refractivity contribution in [3.63, 3.8) is 0 Å². The molecule has 38 heavy (non-hydrogen) atoms. The van der Waals surface area contributed by atoms with E-state index in [0.29, 0.717) is 44.1 Å². The van der Waals surface area contributed by atoms with E-state index in [1.54, 1.807) is 23.5 Å². The second-order valence-electron chi connectivity index (χ2n) is 8.57. The molecule has 1 aliphatic rings. The van der Waals surface area contributed by atoms with Crippen LogP contribution in [-0.2, 0) is 5.75 Å². The lowest BCUT2D eigenvalue weighted by atomic mass is 9.96. The Balaban J connectivity index is 1.48. The molecule has 0 spiro atoms. The minimum absolute atomic E-state index is 0.0831. The van der Waals surface area contributed by atoms with Crippen molar-refractivity contribution in [3.05, 3.63) is 75.8 Å². The Morgan fingerprint density at radius 2 is 1.74 bits per heavy atom. The first-order valence-electron chi connectivity index (χ1n) is 11.9. The van der Waals surface area contributed by atoms with Gasteiger partial charge in [-0.05, 0) is 42.7 Å². The van der Waals surface area contributed by atoms with E-state index in [-0.39, 0.29) is 19.3 Å². The SMILES string of the molecule is N#Cc1c(NC2CC2)nc(SCc2csc(-c3ccc(Cl)cc3)n2)c(C#N)c1-c1ccc(OCCO)cc1. The van der Waals surface area contributed by atoms with Crippen molar-refractivity contribution in [1.82, 2.24) is 9.97 Å². The predicted octanol–water partition coefficient (Wildman–Crippen LogP) is 6.51. The zero-order valence-corrected chi connectivity index (χ0v) is 22.5. The molecule has 2 aromatic heterocycles. The van der Waals surface area contributed by atoms with Crippen LogP contribution in [0.4, 0.5) is 5.82 Å². The van der Waals surface area contributed by atoms with E-state index in [1.807, 2.05) is 41.8 Å². The molecule has 0 aliphatic heterocycles. The third-order valence-electron chi connectivity index (χ3n) is 5.81. The fourth-order valence-electron chi connectivity index (χ4n) is 3.82. The van der Waals surface area contributed by atoms with Gasteiger partial charge in [-0.25, -0.2) is 9.97 Å². The molecule has 10 heteroatoms. The summed E-state index contributed by atoms with van der Waals surface area (Å²) in [5.74, 6) is 1.61. The van der Waals surface area contributed by atoms with E-state index in [2.05, 4.69) is 17.5 Å². The van der Waals surface area contributed by atoms with Crippen LogP contribution < -0.4 is 10.1 Å². The number of hydrogen-bond donors (Lipinski definition) is 2. The molecule has 190 valence electrons. The van der Waals surface area contributed by atoms with Crippen LogP contribution in [0, 0.1) is 22.7 Å². The van der Waals surface area contributed by atoms with Crippen LogP contribution >= 0.6 is 34.7 Å². The summed E-state index contributed by atoms with van der Waals surface area (Å²) in [6.07, 6.45) is 2.04. The fraction of sp³-hybridized carbons (Fsp3) is 0.214. The number of nitriles is 2. The number of hydrogen-bond acceptors (Lipinski definition) is 9. The maximum atomic E-state index is 10.2. The van der Waals surface area contributed by atoms with Crippen LogP contribution in [0.2, 0.25) is 5.02 Å². The Labute approximate surface area is 233 Å². The van der Waals surface area contributed by atoms with E-state index < -0.39 is 0 Å². The van der Waals surface area contributed by atoms with Gasteiger partial charge in [-0.2, -0.15) is 10.5 Å². The van der Waals surface area contributed by atoms with Gasteiger partial charge < -0.3 is 15.2 Å². The number of aliphatic hydroxyl groups is 1. The molecule has 2 aromatic carbocycles. The maximum Gasteiger partial charge on any atom is 0.146 e. The van der Waals surface area contributed by atoms with Crippen LogP contribution in [0.25, 0.3) is 21.7 Å². The molecule has 0 atom stereocenters. The topological polar surface area (TPSA) is 115 Å². The first-order chi connectivity index (χ1) is 18.6. The number of aliphatic hydroxyl groups excluding tert-OH is 1. The van der Waals surface area contributed by atoms with Crippen LogP contribution in [0.5, 0.6) is 5.75 Å². The molecule has 2 heterocycles. The minimum Gasteiger partial charge on any atom is -0.491 e. The Hall–Kier alpha value is -3.60. The van der Waals surface area contributed by atoms with Crippen LogP contribution in [0.1, 0.15) is 29.7 Å². The molecule has 0 bridgehead atoms. The highest BCUT2D eigenvalue weighted by Gasteiger charge is 2.27. The summed E-state index contributed by atoms with van der Waals surface area (Å²) in [4.78, 5) is 9.50. The number of benzene rings is 2. The van der Waals surface area contributed by atoms with Crippen molar-refractivity contribution in [2.24, 2.45) is 0 Å². The van der Waals surface area contributed by atoms with Crippen LogP contribution in [-0.4, -0.2) is 34.3 Å². The summed E-state index contributed by atoms with van der Waals surface area (Å²) >= 11 is 8.99. The molecule has 0 amide bonds. The normalized spacial score (nSPS) is 12.5. The number of thioether (sulfide) groups is 1. The van der Waals surface area contributed by atoms with Gasteiger partial charge in [0.1, 0.15) is 45.9 Å². The number of nitrogens with zero attached hydrogens (tertiary/aromatic N) is 4. The molecule has 5 rings (SSSR count). The van der Waals surface area contributed by atoms with Crippen molar-refractivity contribution in [3.8, 4) is 39.6 Å². The molecular weight excluding hydrogens is 538 g/mol. The number of anilines is 1. The van der Waals surface area contributed by atoms with E-state index in [1.165, 1.54) is 11.8 Å². The Morgan fingerprint density at radius 3 is 2.39 bits per heavy atom. The molecule has 7 nitrogen and oxygen atoms in total. The molecule has 4 aromatic rings. The number of nitrogens with one attached hydrogen (secondary N) is 1. The van der Waals surface area contributed by atoms with E-state index in [0.717, 1.165) is 34.7 Å². The number of halogens is 1. The van der Waals surface area contributed by atoms with Gasteiger partial charge in [-0.3, -0.25) is 0 Å². The van der Waals surface area contributed by atoms with E-state index in [4.69, 9.17) is 31.4 Å². The second-order valence-corrected chi connectivity index (χ2v) is 10.8. The summed E-state index contributed by atoms with van der Waals surface area (Å²) in [5, 5.41) is 36.8. The summed E-state index contributed by atoms with van der Waals surface area (Å²) in [6, 6.07) is 19.6. The van der Waals surface area contributed by atoms with Gasteiger partial charge in [-0.1, -0.05) is 47.6 Å². The third kappa shape index (κ3) is 5.93. The molecule has 1 aliphatic carbocycles. The zero-order valence-electron chi connectivity index (χ0n) is 20.1. The van der Waals surface area contributed by atoms with Gasteiger partial charge in [0.2, 0.25) is 0 Å². The molecule has 0 radical (unpaired) electrons. The van der Waals surface area contributed by atoms with Gasteiger partial charge in [0.05, 0.1) is 17.9 Å². The second kappa shape index (κ2) is 11.8. The number of rotatable bonds is 10. The molecule has 1 saturated carbocycles. The quantitative estimate of drug-likeness (QED) is 0.211. The van der Waals surface area contributed by atoms with Crippen LogP contribution in [0.15, 0.2) is 58.9 Å². The van der Waals surface area contributed by atoms with Crippen molar-refractivity contribution < 1.29 is 9.84 Å². The highest BCUT2D eigenvalue weighted by molar-refractivity contribution is 7.98. The van der Waals surface area contributed by atoms with Gasteiger partial charge in [0.15, 0.2) is 0 Å². The number of aromatic nitrogens is 2. The minimum atomic E-state index is -0.0831. The molecule has 0 saturated heterocycles. The van der Waals surface area contributed by atoms with E-state index >= 15 is 0 Å². The molecular formula is C28H22ClN5O2S2. The Kier molecular flexibility index (Phi) is 8.11. The smallest absolute Gasteiger partial charge is 0.146 e. The first-order valence-corrected chi connectivity index (χ1v) is 14.2. The highest BCUT2D eigenvalue weighted by atomic mass is 35.5. The number of ether oxygens (including phenoxy) is 1. The molecule has 0 unspecified atom stereocenters. The van der Waals surface area contributed by atoms with Crippen molar-refractivity contribution >= 4 is 40.5 Å². The summed E-state index contributed by atoms with van der Waals surface area (Å²) in [7, 11) is 0. The largest absolute Gasteiger partial charge is 0.491 e. The summed E-state index contributed by atoms with van der Waals surface area (Å²) in [5.41, 5.74) is 3.84. The van der Waals surface area contributed by atoms with Crippen molar-refractivity contribution in [2.75, 3.05) is 18.5 Å². The number of pyridine rings is 1. The highest BCUT2D eigenvalue weighted by Crippen LogP contribution is 2.39. The van der Waals surface area contributed by atoms with Gasteiger partial charge in [0, 0.05) is 33.3 Å². The average Bonchev–Trinajstić information content (AvgIpc) is 3.64. The lowest BCUT2D eigenvalue weighted by Gasteiger charge is -2.16. The standard InChI is InChI=1S/C28H22ClN5O2S2/c29-19-5-1-18(2-6-19)27-33-21(15-37-27)16-38-28-24(14-31)25(17-3-9-22(10-4-17)36-12-11-35)23(13-30)26(34-28)32-20-7-8-20/h1-6,9-10,15,20,35H,7-8,11-12,16H2,(H,32,34).